The van der Waals surface area contributed by atoms with Crippen LogP contribution in [0.2, 0.25) is 0 Å². The third kappa shape index (κ3) is 4.86. The Balaban J connectivity index is 2.19. The molecule has 1 atom stereocenters. The zero-order valence-corrected chi connectivity index (χ0v) is 10.7. The minimum Gasteiger partial charge on any atom is -0.335 e. The molecule has 1 saturated carbocycles. The molecule has 0 saturated heterocycles. The molecular formula is C13H26N2O. The van der Waals surface area contributed by atoms with Gasteiger partial charge in [0.05, 0.1) is 0 Å². The molecule has 1 aliphatic carbocycles. The standard InChI is InChI=1S/C13H26N2O/c1-3-5-8-11(7-4-2)14-13(16)15-12-9-6-10-12/h11-12H,3-10H2,1-2H3,(H2,14,15,16). The number of hydrogen-bond acceptors (Lipinski definition) is 1. The highest BCUT2D eigenvalue weighted by Crippen LogP contribution is 2.17. The fourth-order valence-electron chi connectivity index (χ4n) is 2.05. The molecule has 94 valence electrons. The third-order valence-corrected chi connectivity index (χ3v) is 3.32. The molecule has 3 nitrogen and oxygen atoms in total. The molecule has 1 unspecified atom stereocenters. The minimum absolute atomic E-state index is 0.0410. The average molecular weight is 226 g/mol. The summed E-state index contributed by atoms with van der Waals surface area (Å²) >= 11 is 0. The van der Waals surface area contributed by atoms with Gasteiger partial charge in [0.25, 0.3) is 0 Å². The van der Waals surface area contributed by atoms with Crippen molar-refractivity contribution in [1.82, 2.24) is 10.6 Å². The number of nitrogens with one attached hydrogen (secondary N) is 2. The van der Waals surface area contributed by atoms with E-state index < -0.39 is 0 Å². The first-order chi connectivity index (χ1) is 7.76. The topological polar surface area (TPSA) is 41.1 Å². The van der Waals surface area contributed by atoms with Gasteiger partial charge < -0.3 is 10.6 Å². The van der Waals surface area contributed by atoms with Crippen LogP contribution in [0.15, 0.2) is 0 Å². The van der Waals surface area contributed by atoms with Crippen LogP contribution in [0, 0.1) is 0 Å². The van der Waals surface area contributed by atoms with Gasteiger partial charge in [0.2, 0.25) is 0 Å². The molecule has 0 spiro atoms. The Bertz CT molecular complexity index is 202. The molecule has 0 bridgehead atoms. The number of unbranched alkanes of at least 4 members (excludes halogenated alkanes) is 1. The van der Waals surface area contributed by atoms with Crippen LogP contribution in [-0.4, -0.2) is 18.1 Å². The summed E-state index contributed by atoms with van der Waals surface area (Å²) in [5, 5.41) is 6.13. The molecule has 0 radical (unpaired) electrons. The van der Waals surface area contributed by atoms with E-state index in [2.05, 4.69) is 24.5 Å². The molecule has 1 rings (SSSR count). The number of urea groups is 1. The molecule has 2 N–H and O–H groups in total. The van der Waals surface area contributed by atoms with Gasteiger partial charge in [-0.2, -0.15) is 0 Å². The molecule has 16 heavy (non-hydrogen) atoms. The summed E-state index contributed by atoms with van der Waals surface area (Å²) in [4.78, 5) is 11.7. The van der Waals surface area contributed by atoms with E-state index in [-0.39, 0.29) is 6.03 Å². The minimum atomic E-state index is 0.0410. The largest absolute Gasteiger partial charge is 0.335 e. The summed E-state index contributed by atoms with van der Waals surface area (Å²) in [5.41, 5.74) is 0. The molecule has 3 heteroatoms. The summed E-state index contributed by atoms with van der Waals surface area (Å²) in [7, 11) is 0. The van der Waals surface area contributed by atoms with E-state index in [0.29, 0.717) is 12.1 Å². The smallest absolute Gasteiger partial charge is 0.315 e. The van der Waals surface area contributed by atoms with E-state index in [0.717, 1.165) is 32.1 Å². The van der Waals surface area contributed by atoms with Crippen molar-refractivity contribution in [2.24, 2.45) is 0 Å². The van der Waals surface area contributed by atoms with Crippen LogP contribution in [0.25, 0.3) is 0 Å². The van der Waals surface area contributed by atoms with Crippen LogP contribution in [-0.2, 0) is 0 Å². The highest BCUT2D eigenvalue weighted by molar-refractivity contribution is 5.74. The van der Waals surface area contributed by atoms with Crippen LogP contribution in [0.5, 0.6) is 0 Å². The number of rotatable bonds is 7. The van der Waals surface area contributed by atoms with Gasteiger partial charge in [0.1, 0.15) is 0 Å². The van der Waals surface area contributed by atoms with Crippen molar-refractivity contribution in [3.63, 3.8) is 0 Å². The zero-order valence-electron chi connectivity index (χ0n) is 10.7. The van der Waals surface area contributed by atoms with Gasteiger partial charge in [-0.25, -0.2) is 4.79 Å². The summed E-state index contributed by atoms with van der Waals surface area (Å²) < 4.78 is 0. The lowest BCUT2D eigenvalue weighted by Crippen LogP contribution is -2.48. The van der Waals surface area contributed by atoms with Crippen LogP contribution in [0.1, 0.15) is 65.2 Å². The van der Waals surface area contributed by atoms with E-state index in [1.807, 2.05) is 0 Å². The second-order valence-corrected chi connectivity index (χ2v) is 4.87. The highest BCUT2D eigenvalue weighted by atomic mass is 16.2. The fraction of sp³-hybridized carbons (Fsp3) is 0.923. The van der Waals surface area contributed by atoms with Crippen molar-refractivity contribution in [2.75, 3.05) is 0 Å². The van der Waals surface area contributed by atoms with Gasteiger partial charge in [-0.3, -0.25) is 0 Å². The van der Waals surface area contributed by atoms with E-state index in [1.54, 1.807) is 0 Å². The van der Waals surface area contributed by atoms with Gasteiger partial charge in [0.15, 0.2) is 0 Å². The summed E-state index contributed by atoms with van der Waals surface area (Å²) in [5.74, 6) is 0. The molecule has 0 aromatic heterocycles. The maximum atomic E-state index is 11.7. The van der Waals surface area contributed by atoms with Gasteiger partial charge in [0, 0.05) is 12.1 Å². The Kier molecular flexibility index (Phi) is 6.27. The van der Waals surface area contributed by atoms with Crippen molar-refractivity contribution in [3.05, 3.63) is 0 Å². The van der Waals surface area contributed by atoms with E-state index >= 15 is 0 Å². The van der Waals surface area contributed by atoms with Crippen LogP contribution < -0.4 is 10.6 Å². The van der Waals surface area contributed by atoms with Gasteiger partial charge in [-0.05, 0) is 32.1 Å². The first-order valence-corrected chi connectivity index (χ1v) is 6.83. The second-order valence-electron chi connectivity index (χ2n) is 4.87. The lowest BCUT2D eigenvalue weighted by atomic mass is 9.93. The van der Waals surface area contributed by atoms with Crippen molar-refractivity contribution < 1.29 is 4.79 Å². The van der Waals surface area contributed by atoms with Crippen molar-refractivity contribution in [1.29, 1.82) is 0 Å². The molecule has 1 fully saturated rings. The second kappa shape index (κ2) is 7.53. The molecule has 0 aliphatic heterocycles. The van der Waals surface area contributed by atoms with Crippen molar-refractivity contribution in [3.8, 4) is 0 Å². The maximum Gasteiger partial charge on any atom is 0.315 e. The molecule has 0 aromatic carbocycles. The predicted octanol–water partition coefficient (Wildman–Crippen LogP) is 3.20. The molecule has 1 aliphatic rings. The molecule has 0 aromatic rings. The fourth-order valence-corrected chi connectivity index (χ4v) is 2.05. The Hall–Kier alpha value is -0.730. The number of carbonyl (C=O) groups excluding carboxylic acids is 1. The van der Waals surface area contributed by atoms with Gasteiger partial charge in [-0.15, -0.1) is 0 Å². The molecular weight excluding hydrogens is 200 g/mol. The number of amides is 2. The third-order valence-electron chi connectivity index (χ3n) is 3.32. The molecule has 0 heterocycles. The Labute approximate surface area is 99.4 Å². The summed E-state index contributed by atoms with van der Waals surface area (Å²) in [6.07, 6.45) is 9.32. The van der Waals surface area contributed by atoms with E-state index in [4.69, 9.17) is 0 Å². The highest BCUT2D eigenvalue weighted by Gasteiger charge is 2.20. The van der Waals surface area contributed by atoms with Crippen LogP contribution in [0.3, 0.4) is 0 Å². The number of carbonyl (C=O) groups is 1. The van der Waals surface area contributed by atoms with Gasteiger partial charge >= 0.3 is 6.03 Å². The molecule has 2 amide bonds. The van der Waals surface area contributed by atoms with Crippen molar-refractivity contribution >= 4 is 6.03 Å². The Morgan fingerprint density at radius 3 is 2.50 bits per heavy atom. The first-order valence-electron chi connectivity index (χ1n) is 6.83. The van der Waals surface area contributed by atoms with E-state index in [1.165, 1.54) is 19.3 Å². The zero-order chi connectivity index (χ0) is 11.8. The van der Waals surface area contributed by atoms with E-state index in [9.17, 15) is 4.79 Å². The summed E-state index contributed by atoms with van der Waals surface area (Å²) in [6, 6.07) is 0.845. The normalized spacial score (nSPS) is 17.6. The van der Waals surface area contributed by atoms with Gasteiger partial charge in [-0.1, -0.05) is 33.1 Å². The SMILES string of the molecule is CCCCC(CCC)NC(=O)NC1CCC1. The number of hydrogen-bond donors (Lipinski definition) is 2. The first kappa shape index (κ1) is 13.3. The van der Waals surface area contributed by atoms with Crippen molar-refractivity contribution in [2.45, 2.75) is 77.3 Å². The van der Waals surface area contributed by atoms with Crippen LogP contribution >= 0.6 is 0 Å². The predicted molar refractivity (Wildman–Crippen MR) is 67.5 cm³/mol. The lowest BCUT2D eigenvalue weighted by Gasteiger charge is -2.28. The lowest BCUT2D eigenvalue weighted by molar-refractivity contribution is 0.222. The Morgan fingerprint density at radius 2 is 2.00 bits per heavy atom. The van der Waals surface area contributed by atoms with Crippen LogP contribution in [0.4, 0.5) is 4.79 Å². The average Bonchev–Trinajstić information content (AvgIpc) is 2.20. The monoisotopic (exact) mass is 226 g/mol. The quantitative estimate of drug-likeness (QED) is 0.687. The summed E-state index contributed by atoms with van der Waals surface area (Å²) in [6.45, 7) is 4.36. The Morgan fingerprint density at radius 1 is 1.25 bits per heavy atom. The maximum absolute atomic E-state index is 11.7.